The minimum absolute atomic E-state index is 0.0151. The Hall–Kier alpha value is -2.15. The zero-order valence-corrected chi connectivity index (χ0v) is 14.9. The van der Waals surface area contributed by atoms with E-state index in [1.54, 1.807) is 6.20 Å². The second kappa shape index (κ2) is 7.61. The molecule has 1 aliphatic rings. The van der Waals surface area contributed by atoms with Crippen LogP contribution in [0.15, 0.2) is 41.1 Å². The number of hydrogen-bond acceptors (Lipinski definition) is 5. The molecule has 6 nitrogen and oxygen atoms in total. The zero-order chi connectivity index (χ0) is 16.9. The minimum Gasteiger partial charge on any atom is -0.480 e. The van der Waals surface area contributed by atoms with Crippen LogP contribution in [0.4, 0.5) is 0 Å². The third kappa shape index (κ3) is 4.03. The molecule has 1 aromatic carbocycles. The normalized spacial score (nSPS) is 17.4. The fraction of sp³-hybridized carbons (Fsp3) is 0.353. The standard InChI is InChI=1S/C17H18BrN3O3/c1-23-15-9-19-10-16(20-15)24-14-6-3-7-21(11-14)17(22)12-4-2-5-13(18)8-12/h2,4-5,8-10,14H,3,6-7,11H2,1H3. The highest BCUT2D eigenvalue weighted by Crippen LogP contribution is 2.20. The van der Waals surface area contributed by atoms with Gasteiger partial charge in [0.15, 0.2) is 0 Å². The molecule has 1 aromatic heterocycles. The predicted octanol–water partition coefficient (Wildman–Crippen LogP) is 2.93. The van der Waals surface area contributed by atoms with E-state index in [1.165, 1.54) is 13.3 Å². The van der Waals surface area contributed by atoms with Gasteiger partial charge < -0.3 is 14.4 Å². The molecule has 3 rings (SSSR count). The van der Waals surface area contributed by atoms with Gasteiger partial charge in [0.05, 0.1) is 26.0 Å². The van der Waals surface area contributed by atoms with Gasteiger partial charge in [0, 0.05) is 16.6 Å². The molecule has 2 aromatic rings. The third-order valence-corrected chi connectivity index (χ3v) is 4.32. The first-order valence-corrected chi connectivity index (χ1v) is 8.52. The molecule has 0 bridgehead atoms. The number of likely N-dealkylation sites (tertiary alicyclic amines) is 1. The molecule has 1 atom stereocenters. The molecule has 7 heteroatoms. The number of carbonyl (C=O) groups is 1. The van der Waals surface area contributed by atoms with Crippen molar-refractivity contribution in [2.45, 2.75) is 18.9 Å². The molecule has 24 heavy (non-hydrogen) atoms. The van der Waals surface area contributed by atoms with Crippen LogP contribution in [0.5, 0.6) is 11.8 Å². The van der Waals surface area contributed by atoms with Crippen molar-refractivity contribution in [3.05, 3.63) is 46.7 Å². The Morgan fingerprint density at radius 2 is 2.17 bits per heavy atom. The van der Waals surface area contributed by atoms with E-state index in [-0.39, 0.29) is 12.0 Å². The first-order valence-electron chi connectivity index (χ1n) is 7.73. The third-order valence-electron chi connectivity index (χ3n) is 3.82. The fourth-order valence-corrected chi connectivity index (χ4v) is 3.08. The molecule has 0 radical (unpaired) electrons. The predicted molar refractivity (Wildman–Crippen MR) is 92.3 cm³/mol. The van der Waals surface area contributed by atoms with Crippen LogP contribution in [0.25, 0.3) is 0 Å². The quantitative estimate of drug-likeness (QED) is 0.801. The Morgan fingerprint density at radius 3 is 2.96 bits per heavy atom. The van der Waals surface area contributed by atoms with Crippen LogP contribution in [0.2, 0.25) is 0 Å². The number of piperidine rings is 1. The van der Waals surface area contributed by atoms with Gasteiger partial charge in [-0.05, 0) is 31.0 Å². The van der Waals surface area contributed by atoms with Crippen LogP contribution in [0, 0.1) is 0 Å². The van der Waals surface area contributed by atoms with Crippen LogP contribution in [-0.2, 0) is 0 Å². The van der Waals surface area contributed by atoms with Gasteiger partial charge >= 0.3 is 0 Å². The lowest BCUT2D eigenvalue weighted by molar-refractivity contribution is 0.0525. The van der Waals surface area contributed by atoms with Crippen molar-refractivity contribution >= 4 is 21.8 Å². The van der Waals surface area contributed by atoms with Crippen molar-refractivity contribution in [3.63, 3.8) is 0 Å². The summed E-state index contributed by atoms with van der Waals surface area (Å²) >= 11 is 3.40. The van der Waals surface area contributed by atoms with E-state index in [0.29, 0.717) is 23.9 Å². The molecule has 1 fully saturated rings. The monoisotopic (exact) mass is 391 g/mol. The van der Waals surface area contributed by atoms with Crippen LogP contribution in [-0.4, -0.2) is 47.1 Å². The Morgan fingerprint density at radius 1 is 1.33 bits per heavy atom. The second-order valence-corrected chi connectivity index (χ2v) is 6.46. The number of halogens is 1. The SMILES string of the molecule is COc1cncc(OC2CCCN(C(=O)c3cccc(Br)c3)C2)n1. The van der Waals surface area contributed by atoms with Gasteiger partial charge in [0.1, 0.15) is 6.10 Å². The molecule has 0 saturated carbocycles. The molecule has 0 aliphatic carbocycles. The minimum atomic E-state index is -0.101. The van der Waals surface area contributed by atoms with Gasteiger partial charge in [-0.15, -0.1) is 0 Å². The number of rotatable bonds is 4. The Kier molecular flexibility index (Phi) is 5.30. The topological polar surface area (TPSA) is 64.6 Å². The summed E-state index contributed by atoms with van der Waals surface area (Å²) < 4.78 is 11.8. The molecule has 1 saturated heterocycles. The highest BCUT2D eigenvalue weighted by atomic mass is 79.9. The van der Waals surface area contributed by atoms with E-state index in [9.17, 15) is 4.79 Å². The van der Waals surface area contributed by atoms with Gasteiger partial charge in [-0.2, -0.15) is 4.98 Å². The van der Waals surface area contributed by atoms with Crippen LogP contribution >= 0.6 is 15.9 Å². The zero-order valence-electron chi connectivity index (χ0n) is 13.3. The average Bonchev–Trinajstić information content (AvgIpc) is 2.61. The average molecular weight is 392 g/mol. The van der Waals surface area contributed by atoms with Crippen molar-refractivity contribution in [1.82, 2.24) is 14.9 Å². The lowest BCUT2D eigenvalue weighted by atomic mass is 10.1. The number of methoxy groups -OCH3 is 1. The summed E-state index contributed by atoms with van der Waals surface area (Å²) in [6.45, 7) is 1.26. The van der Waals surface area contributed by atoms with Crippen molar-refractivity contribution < 1.29 is 14.3 Å². The largest absolute Gasteiger partial charge is 0.480 e. The van der Waals surface area contributed by atoms with Gasteiger partial charge in [0.2, 0.25) is 11.8 Å². The van der Waals surface area contributed by atoms with E-state index in [4.69, 9.17) is 9.47 Å². The highest BCUT2D eigenvalue weighted by Gasteiger charge is 2.26. The van der Waals surface area contributed by atoms with E-state index in [1.807, 2.05) is 29.2 Å². The second-order valence-electron chi connectivity index (χ2n) is 5.54. The maximum Gasteiger partial charge on any atom is 0.254 e. The van der Waals surface area contributed by atoms with Crippen LogP contribution in [0.3, 0.4) is 0 Å². The summed E-state index contributed by atoms with van der Waals surface area (Å²) in [6, 6.07) is 7.42. The smallest absolute Gasteiger partial charge is 0.254 e. The lowest BCUT2D eigenvalue weighted by Gasteiger charge is -2.32. The molecule has 1 aliphatic heterocycles. The molecule has 1 unspecified atom stereocenters. The number of ether oxygens (including phenoxy) is 2. The van der Waals surface area contributed by atoms with Gasteiger partial charge in [-0.1, -0.05) is 22.0 Å². The number of hydrogen-bond donors (Lipinski definition) is 0. The Balaban J connectivity index is 1.66. The molecule has 0 spiro atoms. The van der Waals surface area contributed by atoms with E-state index in [2.05, 4.69) is 25.9 Å². The van der Waals surface area contributed by atoms with E-state index in [0.717, 1.165) is 23.9 Å². The number of carbonyl (C=O) groups excluding carboxylic acids is 1. The van der Waals surface area contributed by atoms with Gasteiger partial charge in [-0.3, -0.25) is 9.78 Å². The van der Waals surface area contributed by atoms with Crippen LogP contribution in [0.1, 0.15) is 23.2 Å². The summed E-state index contributed by atoms with van der Waals surface area (Å²) in [5.41, 5.74) is 0.672. The van der Waals surface area contributed by atoms with Crippen molar-refractivity contribution in [2.75, 3.05) is 20.2 Å². The first-order chi connectivity index (χ1) is 11.7. The number of nitrogens with zero attached hydrogens (tertiary/aromatic N) is 3. The Bertz CT molecular complexity index is 726. The molecule has 2 heterocycles. The summed E-state index contributed by atoms with van der Waals surface area (Å²) in [5, 5.41) is 0. The van der Waals surface area contributed by atoms with Gasteiger partial charge in [-0.25, -0.2) is 0 Å². The number of amides is 1. The molecular formula is C17H18BrN3O3. The summed E-state index contributed by atoms with van der Waals surface area (Å²) in [6.07, 6.45) is 4.74. The molecule has 1 amide bonds. The maximum atomic E-state index is 12.7. The van der Waals surface area contributed by atoms with Crippen molar-refractivity contribution in [2.24, 2.45) is 0 Å². The number of aromatic nitrogens is 2. The fourth-order valence-electron chi connectivity index (χ4n) is 2.68. The lowest BCUT2D eigenvalue weighted by Crippen LogP contribution is -2.44. The summed E-state index contributed by atoms with van der Waals surface area (Å²) in [5.74, 6) is 0.836. The summed E-state index contributed by atoms with van der Waals surface area (Å²) in [4.78, 5) is 22.7. The van der Waals surface area contributed by atoms with E-state index >= 15 is 0 Å². The van der Waals surface area contributed by atoms with Crippen molar-refractivity contribution in [1.29, 1.82) is 0 Å². The van der Waals surface area contributed by atoms with Gasteiger partial charge in [0.25, 0.3) is 5.91 Å². The molecular weight excluding hydrogens is 374 g/mol. The maximum absolute atomic E-state index is 12.7. The first kappa shape index (κ1) is 16.7. The van der Waals surface area contributed by atoms with Crippen molar-refractivity contribution in [3.8, 4) is 11.8 Å². The summed E-state index contributed by atoms with van der Waals surface area (Å²) in [7, 11) is 1.53. The highest BCUT2D eigenvalue weighted by molar-refractivity contribution is 9.10. The molecule has 126 valence electrons. The van der Waals surface area contributed by atoms with Crippen LogP contribution < -0.4 is 9.47 Å². The van der Waals surface area contributed by atoms with E-state index < -0.39 is 0 Å². The Labute approximate surface area is 148 Å². The number of benzene rings is 1. The molecule has 0 N–H and O–H groups in total.